The molecule has 0 fully saturated rings. The molecule has 1 amide bonds. The number of benzene rings is 1. The van der Waals surface area contributed by atoms with Crippen molar-refractivity contribution in [3.8, 4) is 0 Å². The van der Waals surface area contributed by atoms with Crippen molar-refractivity contribution in [2.75, 3.05) is 0 Å². The molecule has 0 aliphatic carbocycles. The molecule has 1 aromatic carbocycles. The molecule has 1 N–H and O–H groups in total. The summed E-state index contributed by atoms with van der Waals surface area (Å²) >= 11 is 9.27. The van der Waals surface area contributed by atoms with Gasteiger partial charge in [-0.3, -0.25) is 4.79 Å². The molecule has 0 saturated heterocycles. The summed E-state index contributed by atoms with van der Waals surface area (Å²) in [5.74, 6) is 0.429. The van der Waals surface area contributed by atoms with Gasteiger partial charge in [0.05, 0.1) is 17.1 Å². The molecule has 0 spiro atoms. The Balaban J connectivity index is 2.08. The first-order valence-corrected chi connectivity index (χ1v) is 6.31. The molecule has 0 radical (unpaired) electrons. The third-order valence-corrected chi connectivity index (χ3v) is 3.21. The third kappa shape index (κ3) is 2.88. The van der Waals surface area contributed by atoms with E-state index in [0.29, 0.717) is 23.0 Å². The number of carbonyl (C=O) groups is 1. The predicted octanol–water partition coefficient (Wildman–Crippen LogP) is 2.16. The van der Waals surface area contributed by atoms with E-state index in [1.807, 2.05) is 7.05 Å². The second-order valence-electron chi connectivity index (χ2n) is 3.66. The molecule has 0 atom stereocenters. The van der Waals surface area contributed by atoms with Gasteiger partial charge in [0.25, 0.3) is 5.91 Å². The second kappa shape index (κ2) is 5.49. The fourth-order valence-electron chi connectivity index (χ4n) is 1.39. The van der Waals surface area contributed by atoms with Crippen LogP contribution in [0.5, 0.6) is 0 Å². The van der Waals surface area contributed by atoms with Gasteiger partial charge in [0.2, 0.25) is 0 Å². The van der Waals surface area contributed by atoms with Crippen LogP contribution in [0.1, 0.15) is 16.2 Å². The number of carbonyl (C=O) groups excluding carboxylic acids is 1. The summed E-state index contributed by atoms with van der Waals surface area (Å²) in [6, 6.07) is 5.12. The lowest BCUT2D eigenvalue weighted by atomic mass is 10.2. The van der Waals surface area contributed by atoms with Crippen LogP contribution >= 0.6 is 27.5 Å². The predicted molar refractivity (Wildman–Crippen MR) is 71.3 cm³/mol. The van der Waals surface area contributed by atoms with Gasteiger partial charge in [-0.05, 0) is 18.2 Å². The number of halogens is 2. The van der Waals surface area contributed by atoms with E-state index in [1.165, 1.54) is 0 Å². The maximum Gasteiger partial charge on any atom is 0.253 e. The third-order valence-electron chi connectivity index (χ3n) is 2.39. The Hall–Kier alpha value is -1.40. The van der Waals surface area contributed by atoms with Gasteiger partial charge in [-0.25, -0.2) is 0 Å². The molecule has 0 unspecified atom stereocenters. The van der Waals surface area contributed by atoms with Gasteiger partial charge in [-0.2, -0.15) is 0 Å². The minimum atomic E-state index is -0.246. The molecule has 0 bridgehead atoms. The van der Waals surface area contributed by atoms with Gasteiger partial charge in [-0.1, -0.05) is 27.5 Å². The maximum absolute atomic E-state index is 12.0. The van der Waals surface area contributed by atoms with Gasteiger partial charge in [0.1, 0.15) is 6.33 Å². The summed E-state index contributed by atoms with van der Waals surface area (Å²) in [7, 11) is 1.81. The molecule has 2 rings (SSSR count). The van der Waals surface area contributed by atoms with E-state index in [-0.39, 0.29) is 5.91 Å². The monoisotopic (exact) mass is 328 g/mol. The highest BCUT2D eigenvalue weighted by Gasteiger charge is 2.11. The average molecular weight is 330 g/mol. The zero-order valence-electron chi connectivity index (χ0n) is 9.52. The first kappa shape index (κ1) is 13.0. The van der Waals surface area contributed by atoms with Crippen molar-refractivity contribution in [1.82, 2.24) is 20.1 Å². The highest BCUT2D eigenvalue weighted by atomic mass is 79.9. The first-order chi connectivity index (χ1) is 8.58. The smallest absolute Gasteiger partial charge is 0.253 e. The number of nitrogens with zero attached hydrogens (tertiary/aromatic N) is 3. The molecule has 0 saturated carbocycles. The number of amides is 1. The second-order valence-corrected chi connectivity index (χ2v) is 4.99. The normalized spacial score (nSPS) is 10.4. The Morgan fingerprint density at radius 1 is 1.56 bits per heavy atom. The Kier molecular flexibility index (Phi) is 3.98. The summed E-state index contributed by atoms with van der Waals surface area (Å²) in [5, 5.41) is 10.8. The molecule has 1 heterocycles. The SMILES string of the molecule is Cn1cnnc1CNC(=O)c1cc(Br)ccc1Cl. The zero-order chi connectivity index (χ0) is 13.1. The van der Waals surface area contributed by atoms with Crippen molar-refractivity contribution in [1.29, 1.82) is 0 Å². The van der Waals surface area contributed by atoms with E-state index < -0.39 is 0 Å². The van der Waals surface area contributed by atoms with E-state index in [2.05, 4.69) is 31.4 Å². The van der Waals surface area contributed by atoms with E-state index in [4.69, 9.17) is 11.6 Å². The highest BCUT2D eigenvalue weighted by molar-refractivity contribution is 9.10. The van der Waals surface area contributed by atoms with E-state index in [1.54, 1.807) is 29.1 Å². The number of rotatable bonds is 3. The van der Waals surface area contributed by atoms with Crippen molar-refractivity contribution >= 4 is 33.4 Å². The van der Waals surface area contributed by atoms with E-state index >= 15 is 0 Å². The molecule has 0 aliphatic rings. The van der Waals surface area contributed by atoms with Crippen LogP contribution in [-0.2, 0) is 13.6 Å². The van der Waals surface area contributed by atoms with Crippen LogP contribution in [-0.4, -0.2) is 20.7 Å². The highest BCUT2D eigenvalue weighted by Crippen LogP contribution is 2.20. The van der Waals surface area contributed by atoms with Gasteiger partial charge in [0.15, 0.2) is 5.82 Å². The average Bonchev–Trinajstić information content (AvgIpc) is 2.75. The Morgan fingerprint density at radius 3 is 3.00 bits per heavy atom. The van der Waals surface area contributed by atoms with Crippen molar-refractivity contribution in [2.24, 2.45) is 7.05 Å². The Labute approximate surface area is 117 Å². The fourth-order valence-corrected chi connectivity index (χ4v) is 1.96. The van der Waals surface area contributed by atoms with Crippen LogP contribution in [0.4, 0.5) is 0 Å². The van der Waals surface area contributed by atoms with Crippen molar-refractivity contribution in [2.45, 2.75) is 6.54 Å². The molecule has 94 valence electrons. The van der Waals surface area contributed by atoms with Crippen LogP contribution in [0, 0.1) is 0 Å². The Morgan fingerprint density at radius 2 is 2.33 bits per heavy atom. The number of hydrogen-bond donors (Lipinski definition) is 1. The minimum absolute atomic E-state index is 0.246. The lowest BCUT2D eigenvalue weighted by molar-refractivity contribution is 0.0949. The maximum atomic E-state index is 12.0. The van der Waals surface area contributed by atoms with Crippen LogP contribution in [0.25, 0.3) is 0 Å². The molecular weight excluding hydrogens is 320 g/mol. The van der Waals surface area contributed by atoms with E-state index in [9.17, 15) is 4.79 Å². The summed E-state index contributed by atoms with van der Waals surface area (Å²) in [5.41, 5.74) is 0.424. The molecule has 1 aromatic heterocycles. The van der Waals surface area contributed by atoms with E-state index in [0.717, 1.165) is 4.47 Å². The van der Waals surface area contributed by atoms with Crippen molar-refractivity contribution in [3.63, 3.8) is 0 Å². The van der Waals surface area contributed by atoms with Crippen LogP contribution in [0.3, 0.4) is 0 Å². The lowest BCUT2D eigenvalue weighted by Gasteiger charge is -2.06. The van der Waals surface area contributed by atoms with Gasteiger partial charge in [-0.15, -0.1) is 10.2 Å². The molecular formula is C11H10BrClN4O. The van der Waals surface area contributed by atoms with Crippen LogP contribution in [0.15, 0.2) is 29.0 Å². The number of nitrogens with one attached hydrogen (secondary N) is 1. The zero-order valence-corrected chi connectivity index (χ0v) is 11.9. The standard InChI is InChI=1S/C11H10BrClN4O/c1-17-6-15-16-10(17)5-14-11(18)8-4-7(12)2-3-9(8)13/h2-4,6H,5H2,1H3,(H,14,18). The van der Waals surface area contributed by atoms with Crippen LogP contribution < -0.4 is 5.32 Å². The van der Waals surface area contributed by atoms with Gasteiger partial charge < -0.3 is 9.88 Å². The number of aryl methyl sites for hydroxylation is 1. The van der Waals surface area contributed by atoms with Crippen molar-refractivity contribution in [3.05, 3.63) is 45.4 Å². The van der Waals surface area contributed by atoms with Gasteiger partial charge >= 0.3 is 0 Å². The molecule has 18 heavy (non-hydrogen) atoms. The summed E-state index contributed by atoms with van der Waals surface area (Å²) in [4.78, 5) is 12.0. The molecule has 7 heteroatoms. The molecule has 0 aliphatic heterocycles. The number of hydrogen-bond acceptors (Lipinski definition) is 3. The largest absolute Gasteiger partial charge is 0.345 e. The van der Waals surface area contributed by atoms with Gasteiger partial charge in [0, 0.05) is 11.5 Å². The van der Waals surface area contributed by atoms with Crippen molar-refractivity contribution < 1.29 is 4.79 Å². The van der Waals surface area contributed by atoms with Crippen LogP contribution in [0.2, 0.25) is 5.02 Å². The summed E-state index contributed by atoms with van der Waals surface area (Å²) in [6.45, 7) is 0.304. The lowest BCUT2D eigenvalue weighted by Crippen LogP contribution is -2.24. The molecule has 5 nitrogen and oxygen atoms in total. The fraction of sp³-hybridized carbons (Fsp3) is 0.182. The topological polar surface area (TPSA) is 59.8 Å². The molecule has 2 aromatic rings. The Bertz CT molecular complexity index is 584. The summed E-state index contributed by atoms with van der Waals surface area (Å²) < 4.78 is 2.54. The quantitative estimate of drug-likeness (QED) is 0.939. The summed E-state index contributed by atoms with van der Waals surface area (Å²) in [6.07, 6.45) is 1.58. The number of aromatic nitrogens is 3. The first-order valence-electron chi connectivity index (χ1n) is 5.14. The minimum Gasteiger partial charge on any atom is -0.345 e.